The first-order chi connectivity index (χ1) is 10.5. The van der Waals surface area contributed by atoms with E-state index in [0.717, 1.165) is 17.3 Å². The van der Waals surface area contributed by atoms with Crippen LogP contribution in [-0.2, 0) is 11.3 Å². The van der Waals surface area contributed by atoms with E-state index in [1.165, 1.54) is 12.8 Å². The second-order valence-corrected chi connectivity index (χ2v) is 6.88. The van der Waals surface area contributed by atoms with Crippen LogP contribution < -0.4 is 5.32 Å². The third-order valence-electron chi connectivity index (χ3n) is 4.95. The molecule has 0 spiro atoms. The van der Waals surface area contributed by atoms with E-state index in [9.17, 15) is 4.79 Å². The fourth-order valence-electron chi connectivity index (χ4n) is 3.34. The fourth-order valence-corrected chi connectivity index (χ4v) is 3.51. The van der Waals surface area contributed by atoms with E-state index < -0.39 is 0 Å². The lowest BCUT2D eigenvalue weighted by atomic mass is 9.78. The molecule has 1 aliphatic rings. The summed E-state index contributed by atoms with van der Waals surface area (Å²) in [7, 11) is 0. The van der Waals surface area contributed by atoms with E-state index in [0.29, 0.717) is 16.9 Å². The molecule has 4 nitrogen and oxygen atoms in total. The van der Waals surface area contributed by atoms with Crippen LogP contribution in [0.4, 0.5) is 0 Å². The van der Waals surface area contributed by atoms with E-state index in [-0.39, 0.29) is 18.5 Å². The average Bonchev–Trinajstić information content (AvgIpc) is 2.86. The molecule has 0 saturated heterocycles. The number of rotatable bonds is 3. The van der Waals surface area contributed by atoms with Gasteiger partial charge < -0.3 is 5.32 Å². The van der Waals surface area contributed by atoms with Crippen molar-refractivity contribution in [2.75, 3.05) is 0 Å². The van der Waals surface area contributed by atoms with Gasteiger partial charge in [-0.3, -0.25) is 9.48 Å². The van der Waals surface area contributed by atoms with Crippen LogP contribution in [0.5, 0.6) is 0 Å². The van der Waals surface area contributed by atoms with Gasteiger partial charge in [0, 0.05) is 16.5 Å². The van der Waals surface area contributed by atoms with Crippen molar-refractivity contribution in [3.63, 3.8) is 0 Å². The zero-order chi connectivity index (χ0) is 15.7. The maximum absolute atomic E-state index is 12.4. The molecule has 118 valence electrons. The van der Waals surface area contributed by atoms with Gasteiger partial charge in [-0.15, -0.1) is 0 Å². The van der Waals surface area contributed by atoms with Crippen LogP contribution in [0.2, 0.25) is 5.02 Å². The molecule has 3 unspecified atom stereocenters. The molecule has 2 aromatic rings. The van der Waals surface area contributed by atoms with Crippen molar-refractivity contribution in [1.82, 2.24) is 15.1 Å². The molecule has 1 N–H and O–H groups in total. The third kappa shape index (κ3) is 3.12. The summed E-state index contributed by atoms with van der Waals surface area (Å²) in [4.78, 5) is 12.4. The third-order valence-corrected chi connectivity index (χ3v) is 5.19. The quantitative estimate of drug-likeness (QED) is 0.939. The zero-order valence-electron chi connectivity index (χ0n) is 13.1. The van der Waals surface area contributed by atoms with E-state index in [1.807, 2.05) is 18.2 Å². The molecule has 0 radical (unpaired) electrons. The Morgan fingerprint density at radius 1 is 1.41 bits per heavy atom. The summed E-state index contributed by atoms with van der Waals surface area (Å²) in [5, 5.41) is 9.14. The molecular formula is C17H22ClN3O. The Hall–Kier alpha value is -1.55. The normalized spacial score (nSPS) is 25.3. The van der Waals surface area contributed by atoms with E-state index >= 15 is 0 Å². The van der Waals surface area contributed by atoms with Gasteiger partial charge in [-0.2, -0.15) is 5.10 Å². The van der Waals surface area contributed by atoms with Crippen LogP contribution in [0.25, 0.3) is 10.9 Å². The van der Waals surface area contributed by atoms with Crippen molar-refractivity contribution in [2.45, 2.75) is 45.7 Å². The largest absolute Gasteiger partial charge is 0.351 e. The van der Waals surface area contributed by atoms with Crippen molar-refractivity contribution >= 4 is 28.4 Å². The van der Waals surface area contributed by atoms with Crippen LogP contribution in [0.1, 0.15) is 33.1 Å². The maximum atomic E-state index is 12.4. The first kappa shape index (κ1) is 15.3. The topological polar surface area (TPSA) is 46.9 Å². The number of nitrogens with one attached hydrogen (secondary N) is 1. The van der Waals surface area contributed by atoms with E-state index in [1.54, 1.807) is 10.9 Å². The number of nitrogens with zero attached hydrogens (tertiary/aromatic N) is 2. The Labute approximate surface area is 135 Å². The predicted molar refractivity (Wildman–Crippen MR) is 88.9 cm³/mol. The second kappa shape index (κ2) is 6.29. The van der Waals surface area contributed by atoms with Gasteiger partial charge in [0.2, 0.25) is 5.91 Å². The molecule has 0 aliphatic heterocycles. The lowest BCUT2D eigenvalue weighted by Crippen LogP contribution is -2.44. The highest BCUT2D eigenvalue weighted by Gasteiger charge is 2.28. The van der Waals surface area contributed by atoms with E-state index in [4.69, 9.17) is 11.6 Å². The lowest BCUT2D eigenvalue weighted by Gasteiger charge is -2.34. The highest BCUT2D eigenvalue weighted by molar-refractivity contribution is 6.31. The van der Waals surface area contributed by atoms with Crippen LogP contribution >= 0.6 is 11.6 Å². The highest BCUT2D eigenvalue weighted by Crippen LogP contribution is 2.29. The van der Waals surface area contributed by atoms with Crippen molar-refractivity contribution in [3.05, 3.63) is 29.4 Å². The Kier molecular flexibility index (Phi) is 4.39. The van der Waals surface area contributed by atoms with Crippen molar-refractivity contribution in [2.24, 2.45) is 11.8 Å². The average molecular weight is 320 g/mol. The van der Waals surface area contributed by atoms with Crippen molar-refractivity contribution in [3.8, 4) is 0 Å². The number of amides is 1. The summed E-state index contributed by atoms with van der Waals surface area (Å²) < 4.78 is 1.72. The number of benzene rings is 1. The number of halogens is 1. The molecule has 1 aromatic heterocycles. The molecule has 1 aromatic carbocycles. The van der Waals surface area contributed by atoms with Gasteiger partial charge in [0.25, 0.3) is 0 Å². The number of aromatic nitrogens is 2. The van der Waals surface area contributed by atoms with Gasteiger partial charge in [0.15, 0.2) is 0 Å². The summed E-state index contributed by atoms with van der Waals surface area (Å²) >= 11 is 6.03. The van der Waals surface area contributed by atoms with Crippen LogP contribution in [0.3, 0.4) is 0 Å². The minimum absolute atomic E-state index is 0.0240. The van der Waals surface area contributed by atoms with Gasteiger partial charge in [-0.05, 0) is 36.5 Å². The highest BCUT2D eigenvalue weighted by atomic mass is 35.5. The van der Waals surface area contributed by atoms with E-state index in [2.05, 4.69) is 24.3 Å². The molecule has 0 bridgehead atoms. The number of carbonyl (C=O) groups is 1. The maximum Gasteiger partial charge on any atom is 0.241 e. The first-order valence-corrected chi connectivity index (χ1v) is 8.33. The summed E-state index contributed by atoms with van der Waals surface area (Å²) in [5.74, 6) is 1.22. The molecule has 1 saturated carbocycles. The van der Waals surface area contributed by atoms with Crippen LogP contribution in [-0.4, -0.2) is 21.7 Å². The molecule has 3 rings (SSSR count). The minimum atomic E-state index is 0.0240. The molecule has 1 fully saturated rings. The number of carbonyl (C=O) groups excluding carboxylic acids is 1. The monoisotopic (exact) mass is 319 g/mol. The summed E-state index contributed by atoms with van der Waals surface area (Å²) in [6, 6.07) is 5.88. The van der Waals surface area contributed by atoms with Crippen LogP contribution in [0.15, 0.2) is 24.4 Å². The predicted octanol–water partition coefficient (Wildman–Crippen LogP) is 3.63. The van der Waals surface area contributed by atoms with Gasteiger partial charge in [-0.1, -0.05) is 38.3 Å². The van der Waals surface area contributed by atoms with Crippen molar-refractivity contribution in [1.29, 1.82) is 0 Å². The number of hydrogen-bond acceptors (Lipinski definition) is 2. The lowest BCUT2D eigenvalue weighted by molar-refractivity contribution is -0.123. The van der Waals surface area contributed by atoms with Gasteiger partial charge in [-0.25, -0.2) is 0 Å². The Morgan fingerprint density at radius 3 is 3.05 bits per heavy atom. The Balaban J connectivity index is 1.69. The molecule has 1 heterocycles. The SMILES string of the molecule is CC1CCCC(NC(=O)Cn2ncc3ccc(Cl)cc32)C1C. The van der Waals surface area contributed by atoms with Crippen LogP contribution in [0, 0.1) is 11.8 Å². The fraction of sp³-hybridized carbons (Fsp3) is 0.529. The summed E-state index contributed by atoms with van der Waals surface area (Å²) in [6.45, 7) is 4.74. The molecular weight excluding hydrogens is 298 g/mol. The second-order valence-electron chi connectivity index (χ2n) is 6.45. The van der Waals surface area contributed by atoms with Gasteiger partial charge in [0.05, 0.1) is 11.7 Å². The minimum Gasteiger partial charge on any atom is -0.351 e. The summed E-state index contributed by atoms with van der Waals surface area (Å²) in [5.41, 5.74) is 0.896. The first-order valence-electron chi connectivity index (χ1n) is 7.95. The standard InChI is InChI=1S/C17H22ClN3O/c1-11-4-3-5-15(12(11)2)20-17(22)10-21-16-8-14(18)7-6-13(16)9-19-21/h6-9,11-12,15H,3-5,10H2,1-2H3,(H,20,22). The molecule has 5 heteroatoms. The summed E-state index contributed by atoms with van der Waals surface area (Å²) in [6.07, 6.45) is 5.29. The zero-order valence-corrected chi connectivity index (χ0v) is 13.8. The molecule has 1 aliphatic carbocycles. The van der Waals surface area contributed by atoms with Gasteiger partial charge in [0.1, 0.15) is 6.54 Å². The molecule has 1 amide bonds. The molecule has 22 heavy (non-hydrogen) atoms. The number of fused-ring (bicyclic) bond motifs is 1. The van der Waals surface area contributed by atoms with Gasteiger partial charge >= 0.3 is 0 Å². The molecule has 3 atom stereocenters. The Morgan fingerprint density at radius 2 is 2.23 bits per heavy atom. The van der Waals surface area contributed by atoms with Crippen molar-refractivity contribution < 1.29 is 4.79 Å². The number of hydrogen-bond donors (Lipinski definition) is 1. The smallest absolute Gasteiger partial charge is 0.241 e. The Bertz CT molecular complexity index is 682.